The zero-order valence-corrected chi connectivity index (χ0v) is 13.0. The van der Waals surface area contributed by atoms with Crippen LogP contribution in [0.15, 0.2) is 18.2 Å². The quantitative estimate of drug-likeness (QED) is 0.893. The van der Waals surface area contributed by atoms with Gasteiger partial charge in [0, 0.05) is 11.6 Å². The zero-order chi connectivity index (χ0) is 16.6. The van der Waals surface area contributed by atoms with Gasteiger partial charge in [-0.15, -0.1) is 0 Å². The highest BCUT2D eigenvalue weighted by molar-refractivity contribution is 6.31. The lowest BCUT2D eigenvalue weighted by molar-refractivity contribution is -0.147. The topological polar surface area (TPSA) is 87.2 Å². The Morgan fingerprint density at radius 1 is 1.39 bits per heavy atom. The van der Waals surface area contributed by atoms with Crippen LogP contribution in [0.3, 0.4) is 0 Å². The minimum atomic E-state index is -1.02. The average molecular weight is 339 g/mol. The van der Waals surface area contributed by atoms with Crippen molar-refractivity contribution in [3.8, 4) is 5.75 Å². The number of hydrogen-bond donors (Lipinski definition) is 1. The monoisotopic (exact) mass is 338 g/mol. The molecule has 1 aromatic carbocycles. The molecule has 122 valence electrons. The van der Waals surface area contributed by atoms with E-state index in [1.54, 1.807) is 18.2 Å². The van der Waals surface area contributed by atoms with Crippen LogP contribution >= 0.6 is 11.6 Å². The van der Waals surface area contributed by atoms with Crippen LogP contribution in [-0.4, -0.2) is 53.5 Å². The number of hydrogen-bond acceptors (Lipinski definition) is 4. The maximum absolute atomic E-state index is 12.5. The van der Waals surface area contributed by atoms with Crippen LogP contribution in [0, 0.1) is 0 Å². The molecule has 0 saturated carbocycles. The second-order valence-corrected chi connectivity index (χ2v) is 5.90. The standard InChI is InChI=1S/C15H15ClN2O5/c16-9-3-4-12-11(6-9)18(14(20)8-23-12)7-13(19)17-5-1-2-10(17)15(21)22/h3-4,6,10H,1-2,5,7-8H2,(H,21,22). The summed E-state index contributed by atoms with van der Waals surface area (Å²) in [5, 5.41) is 9.59. The van der Waals surface area contributed by atoms with Crippen LogP contribution < -0.4 is 9.64 Å². The highest BCUT2D eigenvalue weighted by Gasteiger charge is 2.36. The number of amides is 2. The summed E-state index contributed by atoms with van der Waals surface area (Å²) in [5.41, 5.74) is 0.424. The first-order chi connectivity index (χ1) is 11.0. The van der Waals surface area contributed by atoms with Gasteiger partial charge in [-0.2, -0.15) is 0 Å². The molecule has 1 unspecified atom stereocenters. The summed E-state index contributed by atoms with van der Waals surface area (Å²) in [6.07, 6.45) is 1.07. The number of aliphatic carboxylic acids is 1. The SMILES string of the molecule is O=C(O)C1CCCN1C(=O)CN1C(=O)COc2ccc(Cl)cc21. The Balaban J connectivity index is 1.82. The number of ether oxygens (including phenoxy) is 1. The van der Waals surface area contributed by atoms with Gasteiger partial charge in [-0.25, -0.2) is 4.79 Å². The number of carboxylic acids is 1. The van der Waals surface area contributed by atoms with E-state index in [0.29, 0.717) is 35.8 Å². The molecule has 8 heteroatoms. The molecule has 0 aromatic heterocycles. The fourth-order valence-corrected chi connectivity index (χ4v) is 3.06. The van der Waals surface area contributed by atoms with E-state index in [0.717, 1.165) is 0 Å². The summed E-state index contributed by atoms with van der Waals surface area (Å²) >= 11 is 5.95. The van der Waals surface area contributed by atoms with Gasteiger partial charge in [-0.3, -0.25) is 14.5 Å². The summed E-state index contributed by atoms with van der Waals surface area (Å²) in [5.74, 6) is -1.30. The molecule has 1 N–H and O–H groups in total. The third kappa shape index (κ3) is 2.96. The largest absolute Gasteiger partial charge is 0.482 e. The van der Waals surface area contributed by atoms with Gasteiger partial charge in [-0.1, -0.05) is 11.6 Å². The molecule has 2 aliphatic heterocycles. The zero-order valence-electron chi connectivity index (χ0n) is 12.2. The predicted octanol–water partition coefficient (Wildman–Crippen LogP) is 1.14. The van der Waals surface area contributed by atoms with Crippen molar-refractivity contribution in [2.24, 2.45) is 0 Å². The Hall–Kier alpha value is -2.28. The number of benzene rings is 1. The number of halogens is 1. The molecule has 2 amide bonds. The number of carbonyl (C=O) groups excluding carboxylic acids is 2. The number of fused-ring (bicyclic) bond motifs is 1. The second kappa shape index (κ2) is 6.08. The van der Waals surface area contributed by atoms with Gasteiger partial charge in [-0.05, 0) is 31.0 Å². The third-order valence-electron chi connectivity index (χ3n) is 4.02. The molecule has 0 aliphatic carbocycles. The lowest BCUT2D eigenvalue weighted by Gasteiger charge is -2.31. The van der Waals surface area contributed by atoms with Crippen molar-refractivity contribution >= 4 is 35.1 Å². The van der Waals surface area contributed by atoms with Gasteiger partial charge >= 0.3 is 5.97 Å². The number of rotatable bonds is 3. The maximum atomic E-state index is 12.5. The van der Waals surface area contributed by atoms with Gasteiger partial charge in [0.2, 0.25) is 5.91 Å². The Bertz CT molecular complexity index is 678. The molecule has 2 heterocycles. The van der Waals surface area contributed by atoms with Crippen molar-refractivity contribution < 1.29 is 24.2 Å². The normalized spacial score (nSPS) is 20.2. The van der Waals surface area contributed by atoms with Crippen LogP contribution in [0.25, 0.3) is 0 Å². The van der Waals surface area contributed by atoms with Gasteiger partial charge in [0.05, 0.1) is 5.69 Å². The van der Waals surface area contributed by atoms with Crippen molar-refractivity contribution in [3.63, 3.8) is 0 Å². The first-order valence-corrected chi connectivity index (χ1v) is 7.60. The van der Waals surface area contributed by atoms with E-state index in [1.807, 2.05) is 0 Å². The molecule has 23 heavy (non-hydrogen) atoms. The third-order valence-corrected chi connectivity index (χ3v) is 4.25. The molecule has 7 nitrogen and oxygen atoms in total. The first kappa shape index (κ1) is 15.6. The molecule has 0 radical (unpaired) electrons. The average Bonchev–Trinajstić information content (AvgIpc) is 3.00. The lowest BCUT2D eigenvalue weighted by Crippen LogP contribution is -2.49. The molecule has 0 spiro atoms. The van der Waals surface area contributed by atoms with E-state index in [-0.39, 0.29) is 19.1 Å². The van der Waals surface area contributed by atoms with E-state index < -0.39 is 17.9 Å². The molecule has 1 aromatic rings. The summed E-state index contributed by atoms with van der Waals surface area (Å²) in [4.78, 5) is 38.4. The van der Waals surface area contributed by atoms with Crippen molar-refractivity contribution in [1.82, 2.24) is 4.90 Å². The summed E-state index contributed by atoms with van der Waals surface area (Å²) < 4.78 is 5.32. The van der Waals surface area contributed by atoms with Crippen molar-refractivity contribution in [3.05, 3.63) is 23.2 Å². The molecule has 1 atom stereocenters. The molecule has 2 aliphatic rings. The minimum absolute atomic E-state index is 0.162. The van der Waals surface area contributed by atoms with E-state index in [9.17, 15) is 19.5 Å². The minimum Gasteiger partial charge on any atom is -0.482 e. The van der Waals surface area contributed by atoms with E-state index in [1.165, 1.54) is 9.80 Å². The van der Waals surface area contributed by atoms with Gasteiger partial charge in [0.1, 0.15) is 18.3 Å². The molecule has 0 bridgehead atoms. The Morgan fingerprint density at radius 3 is 2.91 bits per heavy atom. The van der Waals surface area contributed by atoms with Crippen molar-refractivity contribution in [2.75, 3.05) is 24.6 Å². The molecule has 1 fully saturated rings. The van der Waals surface area contributed by atoms with Gasteiger partial charge in [0.15, 0.2) is 6.61 Å². The van der Waals surface area contributed by atoms with E-state index in [4.69, 9.17) is 16.3 Å². The van der Waals surface area contributed by atoms with E-state index >= 15 is 0 Å². The molecular weight excluding hydrogens is 324 g/mol. The van der Waals surface area contributed by atoms with Crippen molar-refractivity contribution in [1.29, 1.82) is 0 Å². The Morgan fingerprint density at radius 2 is 2.17 bits per heavy atom. The highest BCUT2D eigenvalue weighted by Crippen LogP contribution is 2.34. The van der Waals surface area contributed by atoms with Crippen LogP contribution in [-0.2, 0) is 14.4 Å². The predicted molar refractivity (Wildman–Crippen MR) is 81.7 cm³/mol. The second-order valence-electron chi connectivity index (χ2n) is 5.46. The fraction of sp³-hybridized carbons (Fsp3) is 0.400. The van der Waals surface area contributed by atoms with Crippen LogP contribution in [0.2, 0.25) is 5.02 Å². The molecular formula is C15H15ClN2O5. The molecule has 3 rings (SSSR count). The number of nitrogens with zero attached hydrogens (tertiary/aromatic N) is 2. The number of carbonyl (C=O) groups is 3. The molecule has 1 saturated heterocycles. The van der Waals surface area contributed by atoms with Crippen molar-refractivity contribution in [2.45, 2.75) is 18.9 Å². The van der Waals surface area contributed by atoms with E-state index in [2.05, 4.69) is 0 Å². The Kier molecular flexibility index (Phi) is 4.12. The van der Waals surface area contributed by atoms with Gasteiger partial charge < -0.3 is 14.7 Å². The number of likely N-dealkylation sites (tertiary alicyclic amines) is 1. The van der Waals surface area contributed by atoms with Crippen LogP contribution in [0.5, 0.6) is 5.75 Å². The van der Waals surface area contributed by atoms with Gasteiger partial charge in [0.25, 0.3) is 5.91 Å². The summed E-state index contributed by atoms with van der Waals surface area (Å²) in [7, 11) is 0. The fourth-order valence-electron chi connectivity index (χ4n) is 2.90. The summed E-state index contributed by atoms with van der Waals surface area (Å²) in [6.45, 7) is 0.000318. The summed E-state index contributed by atoms with van der Waals surface area (Å²) in [6, 6.07) is 4.01. The maximum Gasteiger partial charge on any atom is 0.326 e. The smallest absolute Gasteiger partial charge is 0.326 e. The van der Waals surface area contributed by atoms with Crippen LogP contribution in [0.4, 0.5) is 5.69 Å². The lowest BCUT2D eigenvalue weighted by atomic mass is 10.2. The highest BCUT2D eigenvalue weighted by atomic mass is 35.5. The van der Waals surface area contributed by atoms with Crippen LogP contribution in [0.1, 0.15) is 12.8 Å². The number of anilines is 1. The number of carboxylic acid groups (broad SMARTS) is 1. The Labute approximate surface area is 137 Å². The first-order valence-electron chi connectivity index (χ1n) is 7.22.